The Kier molecular flexibility index (Phi) is 20.0. The monoisotopic (exact) mass is 162 g/mol. The topological polar surface area (TPSA) is 9.23 Å². The van der Waals surface area contributed by atoms with E-state index in [2.05, 4.69) is 37.8 Å². The minimum atomic E-state index is 0.659. The van der Waals surface area contributed by atoms with Crippen molar-refractivity contribution in [1.82, 2.24) is 0 Å². The summed E-state index contributed by atoms with van der Waals surface area (Å²) in [5.41, 5.74) is 0. The standard InChI is InChI=1S/C4H8OS.C4H10/c1-2-5-3-4-6;1-3-4-2/h2,6H,1,3-4H2;3-4H2,1-2H3. The van der Waals surface area contributed by atoms with Gasteiger partial charge >= 0.3 is 0 Å². The minimum Gasteiger partial charge on any atom is -0.501 e. The van der Waals surface area contributed by atoms with E-state index in [9.17, 15) is 0 Å². The molecule has 0 bridgehead atoms. The maximum absolute atomic E-state index is 4.67. The molecule has 0 amide bonds. The molecule has 0 saturated heterocycles. The van der Waals surface area contributed by atoms with E-state index >= 15 is 0 Å². The molecule has 0 aliphatic heterocycles. The van der Waals surface area contributed by atoms with Crippen molar-refractivity contribution in [2.45, 2.75) is 26.7 Å². The number of unbranched alkanes of at least 4 members (excludes halogenated alkanes) is 1. The summed E-state index contributed by atoms with van der Waals surface area (Å²) in [5, 5.41) is 0. The van der Waals surface area contributed by atoms with Crippen LogP contribution in [0.15, 0.2) is 12.8 Å². The van der Waals surface area contributed by atoms with Crippen LogP contribution in [0.2, 0.25) is 0 Å². The molecule has 0 saturated carbocycles. The van der Waals surface area contributed by atoms with Crippen LogP contribution in [0.3, 0.4) is 0 Å². The Morgan fingerprint density at radius 2 is 1.90 bits per heavy atom. The zero-order valence-electron chi connectivity index (χ0n) is 6.97. The first-order valence-corrected chi connectivity index (χ1v) is 4.30. The largest absolute Gasteiger partial charge is 0.501 e. The Balaban J connectivity index is 0. The van der Waals surface area contributed by atoms with E-state index in [1.54, 1.807) is 0 Å². The van der Waals surface area contributed by atoms with Gasteiger partial charge in [0, 0.05) is 5.75 Å². The van der Waals surface area contributed by atoms with Crippen molar-refractivity contribution in [3.63, 3.8) is 0 Å². The van der Waals surface area contributed by atoms with Crippen molar-refractivity contribution in [3.05, 3.63) is 12.8 Å². The van der Waals surface area contributed by atoms with E-state index in [0.29, 0.717) is 6.61 Å². The zero-order chi connectivity index (χ0) is 8.24. The summed E-state index contributed by atoms with van der Waals surface area (Å²) in [6, 6.07) is 0. The summed E-state index contributed by atoms with van der Waals surface area (Å²) in [7, 11) is 0. The third kappa shape index (κ3) is 24.8. The maximum atomic E-state index is 4.67. The first-order chi connectivity index (χ1) is 4.83. The van der Waals surface area contributed by atoms with Crippen molar-refractivity contribution >= 4 is 12.6 Å². The van der Waals surface area contributed by atoms with Gasteiger partial charge in [-0.15, -0.1) is 0 Å². The molecule has 0 aromatic carbocycles. The highest BCUT2D eigenvalue weighted by atomic mass is 32.1. The number of ether oxygens (including phenoxy) is 1. The van der Waals surface area contributed by atoms with Crippen molar-refractivity contribution < 1.29 is 4.74 Å². The maximum Gasteiger partial charge on any atom is 0.0960 e. The smallest absolute Gasteiger partial charge is 0.0960 e. The van der Waals surface area contributed by atoms with Crippen molar-refractivity contribution in [2.24, 2.45) is 0 Å². The predicted octanol–water partition coefficient (Wildman–Crippen LogP) is 2.88. The van der Waals surface area contributed by atoms with Gasteiger partial charge in [0.15, 0.2) is 0 Å². The fraction of sp³-hybridized carbons (Fsp3) is 0.750. The lowest BCUT2D eigenvalue weighted by molar-refractivity contribution is 0.274. The normalized spacial score (nSPS) is 7.50. The molecule has 0 N–H and O–H groups in total. The zero-order valence-corrected chi connectivity index (χ0v) is 7.86. The Labute approximate surface area is 69.9 Å². The first-order valence-electron chi connectivity index (χ1n) is 3.66. The number of thiol groups is 1. The van der Waals surface area contributed by atoms with Crippen molar-refractivity contribution in [2.75, 3.05) is 12.4 Å². The van der Waals surface area contributed by atoms with Gasteiger partial charge in [0.1, 0.15) is 0 Å². The molecule has 0 aliphatic rings. The van der Waals surface area contributed by atoms with Gasteiger partial charge in [0.25, 0.3) is 0 Å². The molecule has 0 heterocycles. The van der Waals surface area contributed by atoms with E-state index in [4.69, 9.17) is 0 Å². The summed E-state index contributed by atoms with van der Waals surface area (Å²) in [4.78, 5) is 0. The quantitative estimate of drug-likeness (QED) is 0.380. The first kappa shape index (κ1) is 12.6. The lowest BCUT2D eigenvalue weighted by Crippen LogP contribution is -1.84. The molecule has 0 aliphatic carbocycles. The lowest BCUT2D eigenvalue weighted by Gasteiger charge is -1.89. The van der Waals surface area contributed by atoms with Gasteiger partial charge in [-0.2, -0.15) is 12.6 Å². The van der Waals surface area contributed by atoms with Gasteiger partial charge < -0.3 is 4.74 Å². The molecule has 1 nitrogen and oxygen atoms in total. The molecule has 0 aromatic heterocycles. The van der Waals surface area contributed by atoms with Crippen LogP contribution < -0.4 is 0 Å². The fourth-order valence-electron chi connectivity index (χ4n) is 0.136. The van der Waals surface area contributed by atoms with Crippen LogP contribution in [-0.2, 0) is 4.74 Å². The third-order valence-electron chi connectivity index (χ3n) is 0.827. The van der Waals surface area contributed by atoms with Crippen LogP contribution >= 0.6 is 12.6 Å². The van der Waals surface area contributed by atoms with E-state index in [0.717, 1.165) is 5.75 Å². The second-order valence-electron chi connectivity index (χ2n) is 1.76. The molecule has 0 rings (SSSR count). The van der Waals surface area contributed by atoms with Crippen LogP contribution in [0.1, 0.15) is 26.7 Å². The van der Waals surface area contributed by atoms with E-state index in [1.807, 2.05) is 0 Å². The molecule has 62 valence electrons. The lowest BCUT2D eigenvalue weighted by atomic mass is 10.4. The number of hydrogen-bond donors (Lipinski definition) is 1. The molecule has 0 radical (unpaired) electrons. The molecule has 0 aromatic rings. The molecular weight excluding hydrogens is 144 g/mol. The minimum absolute atomic E-state index is 0.659. The highest BCUT2D eigenvalue weighted by Gasteiger charge is 1.69. The van der Waals surface area contributed by atoms with E-state index in [1.165, 1.54) is 19.1 Å². The van der Waals surface area contributed by atoms with E-state index in [-0.39, 0.29) is 0 Å². The number of hydrogen-bond acceptors (Lipinski definition) is 2. The Hall–Kier alpha value is -0.110. The van der Waals surface area contributed by atoms with Crippen LogP contribution in [-0.4, -0.2) is 12.4 Å². The van der Waals surface area contributed by atoms with Crippen LogP contribution in [0.25, 0.3) is 0 Å². The summed E-state index contributed by atoms with van der Waals surface area (Å²) < 4.78 is 4.67. The molecular formula is C8H18OS. The summed E-state index contributed by atoms with van der Waals surface area (Å²) >= 11 is 3.88. The summed E-state index contributed by atoms with van der Waals surface area (Å²) in [5.74, 6) is 0.756. The average molecular weight is 162 g/mol. The Morgan fingerprint density at radius 1 is 1.40 bits per heavy atom. The third-order valence-corrected chi connectivity index (χ3v) is 1.01. The second kappa shape index (κ2) is 16.0. The molecule has 2 heteroatoms. The fourth-order valence-corrected chi connectivity index (χ4v) is 0.241. The SMILES string of the molecule is C=COCCS.CCCC. The highest BCUT2D eigenvalue weighted by molar-refractivity contribution is 7.80. The Bertz CT molecular complexity index is 53.2. The van der Waals surface area contributed by atoms with Crippen LogP contribution in [0.4, 0.5) is 0 Å². The van der Waals surface area contributed by atoms with E-state index < -0.39 is 0 Å². The van der Waals surface area contributed by atoms with Gasteiger partial charge in [0.05, 0.1) is 12.9 Å². The predicted molar refractivity (Wildman–Crippen MR) is 50.6 cm³/mol. The van der Waals surface area contributed by atoms with Gasteiger partial charge in [0.2, 0.25) is 0 Å². The van der Waals surface area contributed by atoms with Gasteiger partial charge in [-0.25, -0.2) is 0 Å². The second-order valence-corrected chi connectivity index (χ2v) is 2.21. The number of rotatable bonds is 4. The molecule has 0 fully saturated rings. The molecule has 10 heavy (non-hydrogen) atoms. The summed E-state index contributed by atoms with van der Waals surface area (Å²) in [6.45, 7) is 8.36. The van der Waals surface area contributed by atoms with Crippen molar-refractivity contribution in [3.8, 4) is 0 Å². The van der Waals surface area contributed by atoms with Gasteiger partial charge in [-0.1, -0.05) is 33.3 Å². The van der Waals surface area contributed by atoms with Gasteiger partial charge in [-0.3, -0.25) is 0 Å². The van der Waals surface area contributed by atoms with Crippen LogP contribution in [0.5, 0.6) is 0 Å². The van der Waals surface area contributed by atoms with Crippen molar-refractivity contribution in [1.29, 1.82) is 0 Å². The van der Waals surface area contributed by atoms with Crippen LogP contribution in [0, 0.1) is 0 Å². The average Bonchev–Trinajstić information content (AvgIpc) is 2.01. The molecule has 0 spiro atoms. The molecule has 0 unspecified atom stereocenters. The Morgan fingerprint density at radius 3 is 2.00 bits per heavy atom. The summed E-state index contributed by atoms with van der Waals surface area (Å²) in [6.07, 6.45) is 4.05. The van der Waals surface area contributed by atoms with Gasteiger partial charge in [-0.05, 0) is 0 Å². The molecule has 0 atom stereocenters. The highest BCUT2D eigenvalue weighted by Crippen LogP contribution is 1.76.